The lowest BCUT2D eigenvalue weighted by Crippen LogP contribution is -2.38. The van der Waals surface area contributed by atoms with Gasteiger partial charge in [-0.25, -0.2) is 4.98 Å². The Bertz CT molecular complexity index is 716. The van der Waals surface area contributed by atoms with Gasteiger partial charge in [-0.15, -0.1) is 0 Å². The highest BCUT2D eigenvalue weighted by Gasteiger charge is 2.19. The molecule has 24 heavy (non-hydrogen) atoms. The van der Waals surface area contributed by atoms with Crippen LogP contribution in [0.5, 0.6) is 5.75 Å². The number of carbonyl (C=O) groups excluding carboxylic acids is 2. The summed E-state index contributed by atoms with van der Waals surface area (Å²) in [5.41, 5.74) is 1.50. The van der Waals surface area contributed by atoms with Gasteiger partial charge in [0.25, 0.3) is 5.91 Å². The molecule has 7 nitrogen and oxygen atoms in total. The molecule has 2 amide bonds. The topological polar surface area (TPSA) is 84.4 Å². The molecule has 0 aliphatic rings. The van der Waals surface area contributed by atoms with Crippen molar-refractivity contribution in [1.29, 1.82) is 0 Å². The van der Waals surface area contributed by atoms with Crippen LogP contribution in [0.25, 0.3) is 0 Å². The molecule has 0 aliphatic heterocycles. The molecule has 0 saturated heterocycles. The highest BCUT2D eigenvalue weighted by Crippen LogP contribution is 2.22. The maximum absolute atomic E-state index is 12.4. The third kappa shape index (κ3) is 4.28. The summed E-state index contributed by atoms with van der Waals surface area (Å²) in [6.07, 6.45) is 2.94. The second kappa shape index (κ2) is 8.05. The summed E-state index contributed by atoms with van der Waals surface area (Å²) in [4.78, 5) is 34.2. The van der Waals surface area contributed by atoms with Gasteiger partial charge in [0, 0.05) is 12.7 Å². The number of amides is 2. The van der Waals surface area contributed by atoms with E-state index < -0.39 is 0 Å². The standard InChI is InChI=1S/C17H20N4O3/c1-4-21(17(23)14-10-18-12(2)9-19-14)11-16(22)20-13-7-5-6-8-15(13)24-3/h5-10H,4,11H2,1-3H3,(H,20,22). The van der Waals surface area contributed by atoms with E-state index in [4.69, 9.17) is 4.74 Å². The minimum Gasteiger partial charge on any atom is -0.495 e. The van der Waals surface area contributed by atoms with E-state index in [9.17, 15) is 9.59 Å². The molecule has 0 spiro atoms. The molecule has 2 rings (SSSR count). The summed E-state index contributed by atoms with van der Waals surface area (Å²) in [5.74, 6) is -0.0837. The Balaban J connectivity index is 2.05. The summed E-state index contributed by atoms with van der Waals surface area (Å²) in [5, 5.41) is 2.75. The van der Waals surface area contributed by atoms with Crippen LogP contribution in [0.1, 0.15) is 23.1 Å². The Morgan fingerprint density at radius 3 is 2.58 bits per heavy atom. The number of nitrogens with one attached hydrogen (secondary N) is 1. The summed E-state index contributed by atoms with van der Waals surface area (Å²) in [6, 6.07) is 7.09. The number of aromatic nitrogens is 2. The fourth-order valence-corrected chi connectivity index (χ4v) is 2.10. The molecule has 7 heteroatoms. The Kier molecular flexibility index (Phi) is 5.83. The van der Waals surface area contributed by atoms with Crippen LogP contribution >= 0.6 is 0 Å². The molecule has 0 aliphatic carbocycles. The van der Waals surface area contributed by atoms with Crippen LogP contribution in [-0.4, -0.2) is 46.9 Å². The first-order valence-corrected chi connectivity index (χ1v) is 7.56. The number of anilines is 1. The number of ether oxygens (including phenoxy) is 1. The summed E-state index contributed by atoms with van der Waals surface area (Å²) < 4.78 is 5.19. The number of para-hydroxylation sites is 2. The fourth-order valence-electron chi connectivity index (χ4n) is 2.10. The number of rotatable bonds is 6. The van der Waals surface area contributed by atoms with Gasteiger partial charge in [-0.1, -0.05) is 12.1 Å². The number of aryl methyl sites for hydroxylation is 1. The lowest BCUT2D eigenvalue weighted by Gasteiger charge is -2.20. The molecule has 0 unspecified atom stereocenters. The second-order valence-corrected chi connectivity index (χ2v) is 5.11. The summed E-state index contributed by atoms with van der Waals surface area (Å²) in [6.45, 7) is 3.89. The van der Waals surface area contributed by atoms with E-state index in [0.29, 0.717) is 18.0 Å². The Labute approximate surface area is 140 Å². The van der Waals surface area contributed by atoms with Crippen LogP contribution in [0.4, 0.5) is 5.69 Å². The van der Waals surface area contributed by atoms with Gasteiger partial charge in [-0.2, -0.15) is 0 Å². The minimum absolute atomic E-state index is 0.0804. The van der Waals surface area contributed by atoms with E-state index in [-0.39, 0.29) is 24.1 Å². The first-order chi connectivity index (χ1) is 11.5. The molecule has 1 heterocycles. The van der Waals surface area contributed by atoms with Crippen molar-refractivity contribution in [2.24, 2.45) is 0 Å². The highest BCUT2D eigenvalue weighted by molar-refractivity contribution is 5.98. The number of likely N-dealkylation sites (N-methyl/N-ethyl adjacent to an activating group) is 1. The van der Waals surface area contributed by atoms with Crippen LogP contribution in [-0.2, 0) is 4.79 Å². The van der Waals surface area contributed by atoms with Crippen LogP contribution in [0.3, 0.4) is 0 Å². The van der Waals surface area contributed by atoms with Gasteiger partial charge in [-0.05, 0) is 26.0 Å². The molecule has 0 radical (unpaired) electrons. The van der Waals surface area contributed by atoms with Gasteiger partial charge in [0.2, 0.25) is 5.91 Å². The Hall–Kier alpha value is -2.96. The average molecular weight is 328 g/mol. The Morgan fingerprint density at radius 2 is 1.96 bits per heavy atom. The molecule has 0 bridgehead atoms. The molecule has 1 N–H and O–H groups in total. The van der Waals surface area contributed by atoms with Gasteiger partial charge in [0.1, 0.15) is 18.0 Å². The third-order valence-electron chi connectivity index (χ3n) is 3.38. The maximum Gasteiger partial charge on any atom is 0.274 e. The van der Waals surface area contributed by atoms with E-state index in [1.165, 1.54) is 24.4 Å². The summed E-state index contributed by atoms with van der Waals surface area (Å²) in [7, 11) is 1.53. The van der Waals surface area contributed by atoms with E-state index >= 15 is 0 Å². The van der Waals surface area contributed by atoms with Crippen molar-refractivity contribution in [3.8, 4) is 5.75 Å². The van der Waals surface area contributed by atoms with Crippen molar-refractivity contribution in [1.82, 2.24) is 14.9 Å². The van der Waals surface area contributed by atoms with E-state index in [1.807, 2.05) is 6.07 Å². The van der Waals surface area contributed by atoms with Crippen molar-refractivity contribution in [2.75, 3.05) is 25.5 Å². The molecule has 1 aromatic carbocycles. The van der Waals surface area contributed by atoms with Crippen LogP contribution < -0.4 is 10.1 Å². The number of hydrogen-bond donors (Lipinski definition) is 1. The smallest absolute Gasteiger partial charge is 0.274 e. The average Bonchev–Trinajstić information content (AvgIpc) is 2.60. The van der Waals surface area contributed by atoms with Gasteiger partial charge >= 0.3 is 0 Å². The zero-order valence-electron chi connectivity index (χ0n) is 13.9. The molecular weight excluding hydrogens is 308 g/mol. The van der Waals surface area contributed by atoms with Crippen LogP contribution in [0, 0.1) is 6.92 Å². The van der Waals surface area contributed by atoms with E-state index in [0.717, 1.165) is 5.69 Å². The van der Waals surface area contributed by atoms with Crippen molar-refractivity contribution < 1.29 is 14.3 Å². The quantitative estimate of drug-likeness (QED) is 0.875. The molecule has 1 aromatic heterocycles. The Morgan fingerprint density at radius 1 is 1.21 bits per heavy atom. The SMILES string of the molecule is CCN(CC(=O)Nc1ccccc1OC)C(=O)c1cnc(C)cn1. The van der Waals surface area contributed by atoms with Crippen LogP contribution in [0.2, 0.25) is 0 Å². The largest absolute Gasteiger partial charge is 0.495 e. The molecule has 126 valence electrons. The molecule has 2 aromatic rings. The number of carbonyl (C=O) groups is 2. The molecule has 0 saturated carbocycles. The zero-order valence-corrected chi connectivity index (χ0v) is 13.9. The minimum atomic E-state index is -0.333. The lowest BCUT2D eigenvalue weighted by molar-refractivity contribution is -0.116. The van der Waals surface area contributed by atoms with Crippen molar-refractivity contribution in [3.05, 3.63) is 48.0 Å². The number of hydrogen-bond acceptors (Lipinski definition) is 5. The zero-order chi connectivity index (χ0) is 17.5. The maximum atomic E-state index is 12.4. The monoisotopic (exact) mass is 328 g/mol. The van der Waals surface area contributed by atoms with Gasteiger partial charge in [0.05, 0.1) is 24.7 Å². The van der Waals surface area contributed by atoms with E-state index in [1.54, 1.807) is 32.0 Å². The predicted octanol–water partition coefficient (Wildman–Crippen LogP) is 1.89. The molecule has 0 fully saturated rings. The van der Waals surface area contributed by atoms with Crippen molar-refractivity contribution in [2.45, 2.75) is 13.8 Å². The van der Waals surface area contributed by atoms with E-state index in [2.05, 4.69) is 15.3 Å². The predicted molar refractivity (Wildman–Crippen MR) is 90.0 cm³/mol. The number of benzene rings is 1. The summed E-state index contributed by atoms with van der Waals surface area (Å²) >= 11 is 0. The van der Waals surface area contributed by atoms with Crippen molar-refractivity contribution in [3.63, 3.8) is 0 Å². The number of methoxy groups -OCH3 is 1. The second-order valence-electron chi connectivity index (χ2n) is 5.11. The third-order valence-corrected chi connectivity index (χ3v) is 3.38. The lowest BCUT2D eigenvalue weighted by atomic mass is 10.3. The normalized spacial score (nSPS) is 10.1. The van der Waals surface area contributed by atoms with Crippen LogP contribution in [0.15, 0.2) is 36.7 Å². The van der Waals surface area contributed by atoms with Crippen molar-refractivity contribution >= 4 is 17.5 Å². The molecular formula is C17H20N4O3. The molecule has 0 atom stereocenters. The highest BCUT2D eigenvalue weighted by atomic mass is 16.5. The van der Waals surface area contributed by atoms with Gasteiger partial charge in [-0.3, -0.25) is 14.6 Å². The first kappa shape index (κ1) is 17.4. The first-order valence-electron chi connectivity index (χ1n) is 7.56. The fraction of sp³-hybridized carbons (Fsp3) is 0.294. The number of nitrogens with zero attached hydrogens (tertiary/aromatic N) is 3. The van der Waals surface area contributed by atoms with Gasteiger partial charge < -0.3 is 15.0 Å². The van der Waals surface area contributed by atoms with Gasteiger partial charge in [0.15, 0.2) is 0 Å².